The Hall–Kier alpha value is -1.30. The molecule has 1 N–H and O–H groups in total. The minimum Gasteiger partial charge on any atom is -0.504 e. The van der Waals surface area contributed by atoms with Gasteiger partial charge in [-0.25, -0.2) is 0 Å². The van der Waals surface area contributed by atoms with Crippen LogP contribution in [0.5, 0.6) is 11.5 Å². The van der Waals surface area contributed by atoms with Crippen LogP contribution in [0.2, 0.25) is 0 Å². The van der Waals surface area contributed by atoms with Crippen molar-refractivity contribution >= 4 is 0 Å². The van der Waals surface area contributed by atoms with Gasteiger partial charge < -0.3 is 19.3 Å². The molecule has 2 fully saturated rings. The maximum Gasteiger partial charge on any atom is 0.160 e. The first-order chi connectivity index (χ1) is 11.7. The molecule has 1 saturated heterocycles. The number of hydrogen-bond donors (Lipinski definition) is 1. The smallest absolute Gasteiger partial charge is 0.160 e. The lowest BCUT2D eigenvalue weighted by molar-refractivity contribution is 0.0988. The first-order valence-electron chi connectivity index (χ1n) is 8.91. The monoisotopic (exact) mass is 337 g/mol. The molecule has 24 heavy (non-hydrogen) atoms. The fourth-order valence-corrected chi connectivity index (χ4v) is 3.26. The quantitative estimate of drug-likeness (QED) is 0.894. The number of ether oxygens (including phenoxy) is 3. The molecule has 0 unspecified atom stereocenters. The summed E-state index contributed by atoms with van der Waals surface area (Å²) in [4.78, 5) is 2.50. The van der Waals surface area contributed by atoms with Crippen molar-refractivity contribution in [1.82, 2.24) is 4.90 Å². The largest absolute Gasteiger partial charge is 0.504 e. The molecule has 1 aromatic carbocycles. The predicted molar refractivity (Wildman–Crippen MR) is 94.6 cm³/mol. The molecule has 0 atom stereocenters. The van der Waals surface area contributed by atoms with Crippen molar-refractivity contribution in [2.24, 2.45) is 0 Å². The van der Waals surface area contributed by atoms with E-state index in [-0.39, 0.29) is 5.75 Å². The van der Waals surface area contributed by atoms with Crippen LogP contribution in [-0.4, -0.2) is 56.8 Å². The number of phenolic OH excluding ortho intramolecular Hbond substituents is 1. The molecule has 1 aliphatic carbocycles. The summed E-state index contributed by atoms with van der Waals surface area (Å²) in [5.41, 5.74) is 1.09. The molecule has 1 saturated carbocycles. The van der Waals surface area contributed by atoms with Gasteiger partial charge in [-0.05, 0) is 37.0 Å². The number of hydrogen-bond acceptors (Lipinski definition) is 5. The number of rotatable bonds is 5. The van der Waals surface area contributed by atoms with Gasteiger partial charge in [-0.3, -0.25) is 4.90 Å². The summed E-state index contributed by atoms with van der Waals surface area (Å²) in [6.07, 6.45) is 7.95. The van der Waals surface area contributed by atoms with Gasteiger partial charge in [-0.1, -0.05) is 25.3 Å². The van der Waals surface area contributed by atoms with E-state index in [1.54, 1.807) is 13.2 Å². The van der Waals surface area contributed by atoms with Crippen molar-refractivity contribution in [3.05, 3.63) is 23.8 Å². The molecule has 2 aliphatic rings. The minimum absolute atomic E-state index is 0.170. The third-order valence-corrected chi connectivity index (χ3v) is 4.71. The van der Waals surface area contributed by atoms with Gasteiger partial charge in [0.25, 0.3) is 0 Å². The van der Waals surface area contributed by atoms with Crippen LogP contribution in [0.1, 0.15) is 37.7 Å². The van der Waals surface area contributed by atoms with Gasteiger partial charge in [-0.15, -0.1) is 0 Å². The number of benzene rings is 1. The highest BCUT2D eigenvalue weighted by molar-refractivity contribution is 5.41. The summed E-state index contributed by atoms with van der Waals surface area (Å²) >= 11 is 0. The number of methoxy groups -OCH3 is 2. The van der Waals surface area contributed by atoms with Crippen LogP contribution in [-0.2, 0) is 15.9 Å². The van der Waals surface area contributed by atoms with E-state index < -0.39 is 0 Å². The van der Waals surface area contributed by atoms with Crippen molar-refractivity contribution in [3.8, 4) is 11.5 Å². The fraction of sp³-hybridized carbons (Fsp3) is 0.684. The first kappa shape index (κ1) is 19.0. The number of nitrogens with zero attached hydrogens (tertiary/aromatic N) is 1. The molecular formula is C19H31NO4. The van der Waals surface area contributed by atoms with Crippen molar-refractivity contribution < 1.29 is 19.3 Å². The Morgan fingerprint density at radius 3 is 2.62 bits per heavy atom. The van der Waals surface area contributed by atoms with Crippen LogP contribution >= 0.6 is 0 Å². The summed E-state index contributed by atoms with van der Waals surface area (Å²) in [5.74, 6) is 0.678. The Kier molecular flexibility index (Phi) is 8.36. The molecule has 3 rings (SSSR count). The molecule has 5 nitrogen and oxygen atoms in total. The summed E-state index contributed by atoms with van der Waals surface area (Å²) in [6.45, 7) is 3.69. The summed E-state index contributed by atoms with van der Waals surface area (Å²) in [6, 6.07) is 6.15. The van der Waals surface area contributed by atoms with Gasteiger partial charge in [0.2, 0.25) is 0 Å². The zero-order valence-electron chi connectivity index (χ0n) is 15.0. The van der Waals surface area contributed by atoms with E-state index in [2.05, 4.69) is 4.90 Å². The molecule has 1 heterocycles. The third-order valence-electron chi connectivity index (χ3n) is 4.71. The predicted octanol–water partition coefficient (Wildman–Crippen LogP) is 3.20. The molecule has 1 aromatic rings. The second kappa shape index (κ2) is 10.5. The maximum absolute atomic E-state index is 9.30. The van der Waals surface area contributed by atoms with Crippen molar-refractivity contribution in [2.75, 3.05) is 40.7 Å². The van der Waals surface area contributed by atoms with Gasteiger partial charge in [-0.2, -0.15) is 0 Å². The van der Waals surface area contributed by atoms with E-state index in [1.807, 2.05) is 12.1 Å². The Labute approximate surface area is 145 Å². The van der Waals surface area contributed by atoms with Gasteiger partial charge in [0.05, 0.1) is 27.1 Å². The van der Waals surface area contributed by atoms with E-state index in [0.717, 1.165) is 31.4 Å². The summed E-state index contributed by atoms with van der Waals surface area (Å²) in [7, 11) is 3.20. The van der Waals surface area contributed by atoms with E-state index in [0.29, 0.717) is 12.4 Å². The van der Waals surface area contributed by atoms with Crippen LogP contribution in [0.3, 0.4) is 0 Å². The Bertz CT molecular complexity index is 468. The molecule has 5 heteroatoms. The van der Waals surface area contributed by atoms with E-state index >= 15 is 0 Å². The average molecular weight is 337 g/mol. The summed E-state index contributed by atoms with van der Waals surface area (Å²) < 4.78 is 15.3. The second-order valence-corrected chi connectivity index (χ2v) is 6.39. The lowest BCUT2D eigenvalue weighted by Gasteiger charge is -2.29. The van der Waals surface area contributed by atoms with E-state index in [9.17, 15) is 5.11 Å². The molecule has 0 aromatic heterocycles. The highest BCUT2D eigenvalue weighted by Crippen LogP contribution is 2.26. The highest BCUT2D eigenvalue weighted by Gasteiger charge is 2.23. The normalized spacial score (nSPS) is 18.9. The average Bonchev–Trinajstić information content (AvgIpc) is 3.17. The number of phenols is 1. The molecule has 1 aliphatic heterocycles. The molecule has 136 valence electrons. The second-order valence-electron chi connectivity index (χ2n) is 6.39. The van der Waals surface area contributed by atoms with Gasteiger partial charge in [0.1, 0.15) is 0 Å². The SMILES string of the molecule is C1CCC(N2CCOC2)CC1.COCCc1ccc(O)c(OC)c1. The van der Waals surface area contributed by atoms with Crippen molar-refractivity contribution in [1.29, 1.82) is 0 Å². The Balaban J connectivity index is 0.000000175. The van der Waals surface area contributed by atoms with Crippen LogP contribution in [0.15, 0.2) is 18.2 Å². The topological polar surface area (TPSA) is 51.2 Å². The van der Waals surface area contributed by atoms with Gasteiger partial charge in [0.15, 0.2) is 11.5 Å². The lowest BCUT2D eigenvalue weighted by atomic mass is 9.94. The third kappa shape index (κ3) is 5.96. The van der Waals surface area contributed by atoms with E-state index in [4.69, 9.17) is 14.2 Å². The Morgan fingerprint density at radius 2 is 2.00 bits per heavy atom. The number of aromatic hydroxyl groups is 1. The maximum atomic E-state index is 9.30. The van der Waals surface area contributed by atoms with Crippen molar-refractivity contribution in [2.45, 2.75) is 44.6 Å². The highest BCUT2D eigenvalue weighted by atomic mass is 16.5. The standard InChI is InChI=1S/C10H14O3.C9H17NO/c1-12-6-5-8-3-4-9(11)10(7-8)13-2;1-2-4-9(5-3-1)10-6-7-11-8-10/h3-4,7,11H,5-6H2,1-2H3;9H,1-8H2. The Morgan fingerprint density at radius 1 is 1.21 bits per heavy atom. The van der Waals surface area contributed by atoms with Crippen LogP contribution < -0.4 is 4.74 Å². The lowest BCUT2D eigenvalue weighted by Crippen LogP contribution is -2.34. The molecular weight excluding hydrogens is 306 g/mol. The van der Waals surface area contributed by atoms with Crippen molar-refractivity contribution in [3.63, 3.8) is 0 Å². The molecule has 0 spiro atoms. The zero-order valence-corrected chi connectivity index (χ0v) is 15.0. The first-order valence-corrected chi connectivity index (χ1v) is 8.91. The van der Waals surface area contributed by atoms with E-state index in [1.165, 1.54) is 45.8 Å². The molecule has 0 bridgehead atoms. The van der Waals surface area contributed by atoms with Crippen LogP contribution in [0.4, 0.5) is 0 Å². The fourth-order valence-electron chi connectivity index (χ4n) is 3.26. The van der Waals surface area contributed by atoms with Gasteiger partial charge in [0, 0.05) is 19.7 Å². The van der Waals surface area contributed by atoms with Crippen LogP contribution in [0, 0.1) is 0 Å². The minimum atomic E-state index is 0.170. The molecule has 0 radical (unpaired) electrons. The molecule has 0 amide bonds. The van der Waals surface area contributed by atoms with Gasteiger partial charge >= 0.3 is 0 Å². The summed E-state index contributed by atoms with van der Waals surface area (Å²) in [5, 5.41) is 9.30. The van der Waals surface area contributed by atoms with Crippen LogP contribution in [0.25, 0.3) is 0 Å². The zero-order chi connectivity index (χ0) is 17.2.